The molecule has 1 saturated carbocycles. The van der Waals surface area contributed by atoms with E-state index in [-0.39, 0.29) is 11.3 Å². The van der Waals surface area contributed by atoms with Crippen LogP contribution in [-0.2, 0) is 10.0 Å². The molecule has 0 amide bonds. The van der Waals surface area contributed by atoms with Crippen molar-refractivity contribution < 1.29 is 8.42 Å². The first-order valence-electron chi connectivity index (χ1n) is 5.05. The van der Waals surface area contributed by atoms with Gasteiger partial charge in [0.15, 0.2) is 0 Å². The van der Waals surface area contributed by atoms with Crippen LogP contribution < -0.4 is 4.72 Å². The zero-order valence-corrected chi connectivity index (χ0v) is 10.1. The molecular weight excluding hydrogens is 222 g/mol. The molecule has 1 N–H and O–H groups in total. The Balaban J connectivity index is 2.34. The van der Waals surface area contributed by atoms with Crippen molar-refractivity contribution >= 4 is 21.6 Å². The van der Waals surface area contributed by atoms with Crippen molar-refractivity contribution in [1.82, 2.24) is 4.72 Å². The number of sulfonamides is 1. The molecule has 1 rings (SSSR count). The summed E-state index contributed by atoms with van der Waals surface area (Å²) in [7, 11) is -3.08. The lowest BCUT2D eigenvalue weighted by molar-refractivity contribution is 0.248. The molecule has 84 valence electrons. The van der Waals surface area contributed by atoms with Gasteiger partial charge in [-0.25, -0.2) is 13.1 Å². The molecule has 3 nitrogen and oxygen atoms in total. The highest BCUT2D eigenvalue weighted by molar-refractivity contribution is 7.89. The van der Waals surface area contributed by atoms with Crippen LogP contribution in [0.1, 0.15) is 39.0 Å². The molecule has 1 aliphatic rings. The van der Waals surface area contributed by atoms with E-state index < -0.39 is 10.0 Å². The van der Waals surface area contributed by atoms with E-state index in [1.165, 1.54) is 0 Å². The fraction of sp³-hybridized carbons (Fsp3) is 1.00. The highest BCUT2D eigenvalue weighted by atomic mass is 35.5. The van der Waals surface area contributed by atoms with Crippen LogP contribution in [0, 0.1) is 0 Å². The van der Waals surface area contributed by atoms with Crippen molar-refractivity contribution in [2.75, 3.05) is 11.6 Å². The summed E-state index contributed by atoms with van der Waals surface area (Å²) >= 11 is 5.49. The van der Waals surface area contributed by atoms with Gasteiger partial charge in [0.2, 0.25) is 10.0 Å². The van der Waals surface area contributed by atoms with Gasteiger partial charge in [0.1, 0.15) is 0 Å². The van der Waals surface area contributed by atoms with Crippen LogP contribution >= 0.6 is 11.6 Å². The van der Waals surface area contributed by atoms with E-state index in [4.69, 9.17) is 11.6 Å². The summed E-state index contributed by atoms with van der Waals surface area (Å²) in [5, 5.41) is 0. The molecule has 0 heterocycles. The Morgan fingerprint density at radius 1 is 1.36 bits per heavy atom. The fourth-order valence-electron chi connectivity index (χ4n) is 1.62. The smallest absolute Gasteiger partial charge is 0.212 e. The van der Waals surface area contributed by atoms with Gasteiger partial charge in [-0.15, -0.1) is 11.6 Å². The van der Waals surface area contributed by atoms with Crippen molar-refractivity contribution in [2.45, 2.75) is 44.6 Å². The minimum atomic E-state index is -3.08. The van der Waals surface area contributed by atoms with Crippen LogP contribution in [0.4, 0.5) is 0 Å². The monoisotopic (exact) mass is 239 g/mol. The highest BCUT2D eigenvalue weighted by Crippen LogP contribution is 2.31. The Morgan fingerprint density at radius 2 is 2.00 bits per heavy atom. The van der Waals surface area contributed by atoms with E-state index in [9.17, 15) is 8.42 Å². The number of unbranched alkanes of at least 4 members (excludes halogenated alkanes) is 1. The topological polar surface area (TPSA) is 46.2 Å². The predicted molar refractivity (Wildman–Crippen MR) is 59.1 cm³/mol. The fourth-order valence-corrected chi connectivity index (χ4v) is 3.45. The molecule has 0 aromatic carbocycles. The number of alkyl halides is 1. The zero-order chi connectivity index (χ0) is 10.7. The molecule has 1 aliphatic carbocycles. The van der Waals surface area contributed by atoms with Gasteiger partial charge in [0, 0.05) is 11.4 Å². The summed E-state index contributed by atoms with van der Waals surface area (Å²) in [6.07, 6.45) is 4.46. The minimum Gasteiger partial charge on any atom is -0.212 e. The number of rotatable bonds is 6. The zero-order valence-electron chi connectivity index (χ0n) is 8.55. The van der Waals surface area contributed by atoms with Crippen LogP contribution in [0.3, 0.4) is 0 Å². The van der Waals surface area contributed by atoms with Gasteiger partial charge in [0.05, 0.1) is 5.75 Å². The molecule has 0 aromatic rings. The first-order chi connectivity index (χ1) is 6.47. The van der Waals surface area contributed by atoms with Gasteiger partial charge < -0.3 is 0 Å². The van der Waals surface area contributed by atoms with Gasteiger partial charge in [-0.2, -0.15) is 0 Å². The molecule has 0 aliphatic heterocycles. The lowest BCUT2D eigenvalue weighted by Crippen LogP contribution is -2.51. The molecule has 14 heavy (non-hydrogen) atoms. The molecule has 0 bridgehead atoms. The van der Waals surface area contributed by atoms with Crippen LogP contribution in [-0.4, -0.2) is 25.6 Å². The van der Waals surface area contributed by atoms with Crippen molar-refractivity contribution in [2.24, 2.45) is 0 Å². The van der Waals surface area contributed by atoms with E-state index in [1.807, 2.05) is 6.92 Å². The molecule has 0 unspecified atom stereocenters. The van der Waals surface area contributed by atoms with Crippen LogP contribution in [0.25, 0.3) is 0 Å². The maximum absolute atomic E-state index is 11.6. The summed E-state index contributed by atoms with van der Waals surface area (Å²) in [6.45, 7) is 1.97. The lowest BCUT2D eigenvalue weighted by atomic mass is 9.80. The van der Waals surface area contributed by atoms with E-state index in [0.29, 0.717) is 12.3 Å². The standard InChI is InChI=1S/C9H18ClNO2S/c1-9(5-4-6-9)11-14(12,13)8-3-2-7-10/h11H,2-8H2,1H3. The van der Waals surface area contributed by atoms with Crippen LogP contribution in [0.5, 0.6) is 0 Å². The Kier molecular flexibility index (Phi) is 4.22. The Bertz CT molecular complexity index is 273. The van der Waals surface area contributed by atoms with E-state index in [0.717, 1.165) is 25.7 Å². The molecule has 0 atom stereocenters. The third-order valence-electron chi connectivity index (χ3n) is 2.66. The Morgan fingerprint density at radius 3 is 2.43 bits per heavy atom. The van der Waals surface area contributed by atoms with E-state index in [2.05, 4.69) is 4.72 Å². The maximum Gasteiger partial charge on any atom is 0.212 e. The maximum atomic E-state index is 11.6. The SMILES string of the molecule is CC1(NS(=O)(=O)CCCCCl)CCC1. The van der Waals surface area contributed by atoms with Crippen LogP contribution in [0.2, 0.25) is 0 Å². The number of hydrogen-bond donors (Lipinski definition) is 1. The second-order valence-electron chi connectivity index (χ2n) is 4.23. The predicted octanol–water partition coefficient (Wildman–Crippen LogP) is 1.87. The molecule has 5 heteroatoms. The van der Waals surface area contributed by atoms with E-state index in [1.54, 1.807) is 0 Å². The Labute approximate surface area is 91.3 Å². The van der Waals surface area contributed by atoms with Crippen LogP contribution in [0.15, 0.2) is 0 Å². The molecule has 1 fully saturated rings. The lowest BCUT2D eigenvalue weighted by Gasteiger charge is -2.38. The average molecular weight is 240 g/mol. The largest absolute Gasteiger partial charge is 0.212 e. The summed E-state index contributed by atoms with van der Waals surface area (Å²) in [4.78, 5) is 0. The van der Waals surface area contributed by atoms with Gasteiger partial charge in [-0.1, -0.05) is 0 Å². The summed E-state index contributed by atoms with van der Waals surface area (Å²) in [6, 6.07) is 0. The number of halogens is 1. The molecule has 0 aromatic heterocycles. The molecular formula is C9H18ClNO2S. The van der Waals surface area contributed by atoms with Gasteiger partial charge in [-0.3, -0.25) is 0 Å². The molecule has 0 saturated heterocycles. The van der Waals surface area contributed by atoms with E-state index >= 15 is 0 Å². The third kappa shape index (κ3) is 3.75. The van der Waals surface area contributed by atoms with Gasteiger partial charge >= 0.3 is 0 Å². The van der Waals surface area contributed by atoms with Crippen molar-refractivity contribution in [3.05, 3.63) is 0 Å². The molecule has 0 spiro atoms. The van der Waals surface area contributed by atoms with Crippen molar-refractivity contribution in [3.8, 4) is 0 Å². The first-order valence-corrected chi connectivity index (χ1v) is 7.24. The van der Waals surface area contributed by atoms with Gasteiger partial charge in [-0.05, 0) is 39.0 Å². The third-order valence-corrected chi connectivity index (χ3v) is 4.55. The normalized spacial score (nSPS) is 20.4. The summed E-state index contributed by atoms with van der Waals surface area (Å²) in [5.41, 5.74) is -0.167. The molecule has 0 radical (unpaired) electrons. The van der Waals surface area contributed by atoms with Crippen molar-refractivity contribution in [3.63, 3.8) is 0 Å². The minimum absolute atomic E-state index is 0.167. The quantitative estimate of drug-likeness (QED) is 0.568. The average Bonchev–Trinajstić information content (AvgIpc) is 2.01. The number of hydrogen-bond acceptors (Lipinski definition) is 2. The second-order valence-corrected chi connectivity index (χ2v) is 6.45. The summed E-state index contributed by atoms with van der Waals surface area (Å²) in [5.74, 6) is 0.738. The highest BCUT2D eigenvalue weighted by Gasteiger charge is 2.35. The first kappa shape index (κ1) is 12.3. The number of nitrogens with one attached hydrogen (secondary N) is 1. The van der Waals surface area contributed by atoms with Crippen molar-refractivity contribution in [1.29, 1.82) is 0 Å². The second kappa shape index (κ2) is 4.81. The summed E-state index contributed by atoms with van der Waals surface area (Å²) < 4.78 is 25.9. The Hall–Kier alpha value is 0.200. The van der Waals surface area contributed by atoms with Gasteiger partial charge in [0.25, 0.3) is 0 Å².